The van der Waals surface area contributed by atoms with E-state index < -0.39 is 5.91 Å². The molecule has 7 heteroatoms. The van der Waals surface area contributed by atoms with Gasteiger partial charge in [0.2, 0.25) is 11.8 Å². The predicted octanol–water partition coefficient (Wildman–Crippen LogP) is 0.913. The first-order chi connectivity index (χ1) is 12.1. The number of hydrogen-bond donors (Lipinski definition) is 1. The van der Waals surface area contributed by atoms with Crippen LogP contribution in [0.15, 0.2) is 42.7 Å². The molecule has 1 N–H and O–H groups in total. The fraction of sp³-hybridized carbons (Fsp3) is 0.333. The molecular weight excluding hydrogens is 320 g/mol. The number of benzene rings is 1. The third-order valence-electron chi connectivity index (χ3n) is 5.56. The number of imidazole rings is 1. The molecule has 1 aromatic heterocycles. The van der Waals surface area contributed by atoms with Gasteiger partial charge in [-0.25, -0.2) is 9.66 Å². The zero-order valence-electron chi connectivity index (χ0n) is 13.3. The average Bonchev–Trinajstić information content (AvgIpc) is 3.36. The lowest BCUT2D eigenvalue weighted by Crippen LogP contribution is -2.41. The minimum atomic E-state index is -0.412. The van der Waals surface area contributed by atoms with Gasteiger partial charge in [-0.2, -0.15) is 0 Å². The van der Waals surface area contributed by atoms with E-state index in [1.807, 2.05) is 36.4 Å². The van der Waals surface area contributed by atoms with Crippen molar-refractivity contribution in [2.24, 2.45) is 23.7 Å². The Morgan fingerprint density at radius 2 is 1.80 bits per heavy atom. The normalized spacial score (nSPS) is 29.7. The molecule has 1 aromatic carbocycles. The smallest absolute Gasteiger partial charge is 0.259 e. The Morgan fingerprint density at radius 3 is 2.52 bits per heavy atom. The molecule has 2 aromatic rings. The third-order valence-corrected chi connectivity index (χ3v) is 5.56. The van der Waals surface area contributed by atoms with E-state index in [-0.39, 0.29) is 42.0 Å². The molecule has 3 aliphatic rings. The number of likely N-dealkylation sites (tertiary alicyclic amines) is 1. The number of imide groups is 1. The summed E-state index contributed by atoms with van der Waals surface area (Å²) in [5.74, 6) is -1.08. The van der Waals surface area contributed by atoms with Crippen molar-refractivity contribution in [3.05, 3.63) is 42.7 Å². The zero-order valence-corrected chi connectivity index (χ0v) is 13.3. The molecule has 2 aliphatic carbocycles. The summed E-state index contributed by atoms with van der Waals surface area (Å²) >= 11 is 0. The van der Waals surface area contributed by atoms with Crippen LogP contribution in [0.2, 0.25) is 0 Å². The lowest BCUT2D eigenvalue weighted by molar-refractivity contribution is -0.143. The SMILES string of the molecule is O=C(CN1C(=O)C2C3C=CC(C3)C2C1=O)Nn1cnc2ccccc21. The molecule has 4 atom stereocenters. The summed E-state index contributed by atoms with van der Waals surface area (Å²) in [6, 6.07) is 7.40. The summed E-state index contributed by atoms with van der Waals surface area (Å²) in [5.41, 5.74) is 4.21. The molecule has 4 unspecified atom stereocenters. The van der Waals surface area contributed by atoms with Crippen molar-refractivity contribution in [3.8, 4) is 0 Å². The van der Waals surface area contributed by atoms with Crippen molar-refractivity contribution in [3.63, 3.8) is 0 Å². The summed E-state index contributed by atoms with van der Waals surface area (Å²) in [6.07, 6.45) is 6.47. The number of nitrogens with zero attached hydrogens (tertiary/aromatic N) is 3. The number of para-hydroxylation sites is 2. The first-order valence-electron chi connectivity index (χ1n) is 8.39. The summed E-state index contributed by atoms with van der Waals surface area (Å²) in [6.45, 7) is -0.253. The Labute approximate surface area is 143 Å². The molecule has 1 aliphatic heterocycles. The van der Waals surface area contributed by atoms with Crippen LogP contribution in [0.25, 0.3) is 11.0 Å². The summed E-state index contributed by atoms with van der Waals surface area (Å²) in [4.78, 5) is 42.9. The Hall–Kier alpha value is -2.96. The molecule has 7 nitrogen and oxygen atoms in total. The number of fused-ring (bicyclic) bond motifs is 6. The number of amides is 3. The zero-order chi connectivity index (χ0) is 17.1. The molecule has 126 valence electrons. The highest BCUT2D eigenvalue weighted by Gasteiger charge is 2.59. The van der Waals surface area contributed by atoms with E-state index in [2.05, 4.69) is 10.4 Å². The predicted molar refractivity (Wildman–Crippen MR) is 88.5 cm³/mol. The van der Waals surface area contributed by atoms with Gasteiger partial charge >= 0.3 is 0 Å². The third kappa shape index (κ3) is 1.98. The number of allylic oxidation sites excluding steroid dienone is 2. The highest BCUT2D eigenvalue weighted by molar-refractivity contribution is 6.09. The number of nitrogens with one attached hydrogen (secondary N) is 1. The van der Waals surface area contributed by atoms with Crippen LogP contribution in [-0.2, 0) is 14.4 Å². The van der Waals surface area contributed by atoms with Crippen molar-refractivity contribution in [1.82, 2.24) is 14.6 Å². The van der Waals surface area contributed by atoms with Crippen LogP contribution in [0.4, 0.5) is 0 Å². The molecule has 1 saturated carbocycles. The van der Waals surface area contributed by atoms with E-state index in [9.17, 15) is 14.4 Å². The highest BCUT2D eigenvalue weighted by Crippen LogP contribution is 2.52. The van der Waals surface area contributed by atoms with E-state index in [0.717, 1.165) is 22.4 Å². The largest absolute Gasteiger partial charge is 0.274 e. The van der Waals surface area contributed by atoms with Gasteiger partial charge in [-0.05, 0) is 30.4 Å². The van der Waals surface area contributed by atoms with Gasteiger partial charge in [-0.15, -0.1) is 0 Å². The van der Waals surface area contributed by atoms with Crippen LogP contribution in [0.1, 0.15) is 6.42 Å². The summed E-state index contributed by atoms with van der Waals surface area (Å²) in [7, 11) is 0. The van der Waals surface area contributed by atoms with Gasteiger partial charge in [0.15, 0.2) is 0 Å². The van der Waals surface area contributed by atoms with Crippen LogP contribution in [0, 0.1) is 23.7 Å². The Kier molecular flexibility index (Phi) is 2.89. The number of hydrogen-bond acceptors (Lipinski definition) is 4. The van der Waals surface area contributed by atoms with Crippen LogP contribution in [0.5, 0.6) is 0 Å². The van der Waals surface area contributed by atoms with Crippen LogP contribution in [0.3, 0.4) is 0 Å². The topological polar surface area (TPSA) is 84.3 Å². The molecule has 0 radical (unpaired) electrons. The standard InChI is InChI=1S/C18H16N4O3/c23-14(20-22-9-19-12-3-1-2-4-13(12)22)8-21-17(24)15-10-5-6-11(7-10)16(15)18(21)25/h1-6,9-11,15-16H,7-8H2,(H,20,23). The second-order valence-electron chi connectivity index (χ2n) is 6.90. The van der Waals surface area contributed by atoms with Crippen LogP contribution in [-0.4, -0.2) is 38.8 Å². The maximum Gasteiger partial charge on any atom is 0.259 e. The average molecular weight is 336 g/mol. The molecule has 3 amide bonds. The second kappa shape index (κ2) is 5.02. The fourth-order valence-corrected chi connectivity index (χ4v) is 4.48. The number of rotatable bonds is 3. The van der Waals surface area contributed by atoms with Crippen LogP contribution >= 0.6 is 0 Å². The van der Waals surface area contributed by atoms with Gasteiger partial charge in [-0.1, -0.05) is 24.3 Å². The minimum absolute atomic E-state index is 0.150. The van der Waals surface area contributed by atoms with E-state index in [1.165, 1.54) is 11.0 Å². The van der Waals surface area contributed by atoms with Gasteiger partial charge in [0.25, 0.3) is 5.91 Å². The quantitative estimate of drug-likeness (QED) is 0.667. The molecule has 1 saturated heterocycles. The van der Waals surface area contributed by atoms with Crippen molar-refractivity contribution >= 4 is 28.8 Å². The lowest BCUT2D eigenvalue weighted by Gasteiger charge is -2.17. The number of carbonyl (C=O) groups is 3. The molecule has 5 rings (SSSR count). The van der Waals surface area contributed by atoms with Gasteiger partial charge < -0.3 is 0 Å². The van der Waals surface area contributed by atoms with E-state index in [4.69, 9.17) is 0 Å². The van der Waals surface area contributed by atoms with Gasteiger partial charge in [0.1, 0.15) is 12.9 Å². The summed E-state index contributed by atoms with van der Waals surface area (Å²) in [5, 5.41) is 0. The molecular formula is C18H16N4O3. The Bertz CT molecular complexity index is 917. The highest BCUT2D eigenvalue weighted by atomic mass is 16.2. The molecule has 0 spiro atoms. The number of aromatic nitrogens is 2. The van der Waals surface area contributed by atoms with E-state index in [1.54, 1.807) is 0 Å². The van der Waals surface area contributed by atoms with Gasteiger partial charge in [0.05, 0.1) is 22.9 Å². The van der Waals surface area contributed by atoms with E-state index >= 15 is 0 Å². The van der Waals surface area contributed by atoms with Gasteiger partial charge in [-0.3, -0.25) is 24.7 Å². The molecule has 25 heavy (non-hydrogen) atoms. The summed E-state index contributed by atoms with van der Waals surface area (Å²) < 4.78 is 1.51. The van der Waals surface area contributed by atoms with Crippen LogP contribution < -0.4 is 5.43 Å². The molecule has 2 bridgehead atoms. The minimum Gasteiger partial charge on any atom is -0.274 e. The fourth-order valence-electron chi connectivity index (χ4n) is 4.48. The lowest BCUT2D eigenvalue weighted by atomic mass is 9.85. The second-order valence-corrected chi connectivity index (χ2v) is 6.90. The first-order valence-corrected chi connectivity index (χ1v) is 8.39. The Morgan fingerprint density at radius 1 is 1.12 bits per heavy atom. The van der Waals surface area contributed by atoms with Crippen molar-refractivity contribution in [1.29, 1.82) is 0 Å². The van der Waals surface area contributed by atoms with Crippen molar-refractivity contribution < 1.29 is 14.4 Å². The maximum atomic E-state index is 12.6. The maximum absolute atomic E-state index is 12.6. The first kappa shape index (κ1) is 14.4. The van der Waals surface area contributed by atoms with Crippen molar-refractivity contribution in [2.75, 3.05) is 12.0 Å². The molecule has 2 fully saturated rings. The van der Waals surface area contributed by atoms with E-state index in [0.29, 0.717) is 0 Å². The Balaban J connectivity index is 1.33. The number of carbonyl (C=O) groups excluding carboxylic acids is 3. The molecule has 2 heterocycles. The monoisotopic (exact) mass is 336 g/mol. The van der Waals surface area contributed by atoms with Gasteiger partial charge in [0, 0.05) is 0 Å². The van der Waals surface area contributed by atoms with Crippen molar-refractivity contribution in [2.45, 2.75) is 6.42 Å².